The lowest BCUT2D eigenvalue weighted by Crippen LogP contribution is -2.41. The molecule has 0 saturated carbocycles. The highest BCUT2D eigenvalue weighted by atomic mass is 15.2. The molecule has 0 atom stereocenters. The van der Waals surface area contributed by atoms with Crippen molar-refractivity contribution in [1.82, 2.24) is 19.2 Å². The van der Waals surface area contributed by atoms with E-state index in [0.29, 0.717) is 6.04 Å². The second-order valence-corrected chi connectivity index (χ2v) is 8.10. The van der Waals surface area contributed by atoms with Crippen LogP contribution in [-0.4, -0.2) is 52.4 Å². The summed E-state index contributed by atoms with van der Waals surface area (Å²) in [4.78, 5) is 9.87. The van der Waals surface area contributed by atoms with Crippen molar-refractivity contribution in [2.45, 2.75) is 38.8 Å². The number of nitrogen functional groups attached to an aromatic ring is 1. The number of rotatable bonds is 5. The van der Waals surface area contributed by atoms with Crippen LogP contribution in [0.2, 0.25) is 0 Å². The van der Waals surface area contributed by atoms with Crippen molar-refractivity contribution in [3.63, 3.8) is 0 Å². The number of hydrogen-bond donors (Lipinski definition) is 1. The summed E-state index contributed by atoms with van der Waals surface area (Å²) in [5.41, 5.74) is 12.6. The molecule has 1 aliphatic rings. The zero-order valence-corrected chi connectivity index (χ0v) is 17.2. The second kappa shape index (κ2) is 7.94. The van der Waals surface area contributed by atoms with Crippen LogP contribution in [0.5, 0.6) is 0 Å². The number of likely N-dealkylation sites (tertiary alicyclic amines) is 1. The minimum absolute atomic E-state index is 0.609. The molecule has 2 aromatic heterocycles. The Morgan fingerprint density at radius 3 is 2.50 bits per heavy atom. The molecule has 1 aromatic carbocycles. The summed E-state index contributed by atoms with van der Waals surface area (Å²) in [6.45, 7) is 5.38. The average molecular weight is 378 g/mol. The molecule has 2 N–H and O–H groups in total. The number of anilines is 1. The quantitative estimate of drug-likeness (QED) is 0.737. The second-order valence-electron chi connectivity index (χ2n) is 8.10. The maximum Gasteiger partial charge on any atom is 0.137 e. The molecule has 5 heteroatoms. The molecule has 5 nitrogen and oxygen atoms in total. The maximum absolute atomic E-state index is 6.10. The van der Waals surface area contributed by atoms with E-state index in [9.17, 15) is 0 Å². The van der Waals surface area contributed by atoms with E-state index in [0.717, 1.165) is 30.0 Å². The molecular formula is C23H31N5. The van der Waals surface area contributed by atoms with Crippen molar-refractivity contribution in [3.05, 3.63) is 53.9 Å². The van der Waals surface area contributed by atoms with Crippen LogP contribution in [-0.2, 0) is 13.0 Å². The molecule has 3 heterocycles. The third-order valence-electron chi connectivity index (χ3n) is 6.09. The molecule has 0 radical (unpaired) electrons. The first kappa shape index (κ1) is 19.0. The van der Waals surface area contributed by atoms with Crippen molar-refractivity contribution in [2.24, 2.45) is 0 Å². The van der Waals surface area contributed by atoms with Crippen LogP contribution >= 0.6 is 0 Å². The summed E-state index contributed by atoms with van der Waals surface area (Å²) in [7, 11) is 4.45. The lowest BCUT2D eigenvalue weighted by molar-refractivity contribution is 0.138. The molecule has 0 amide bonds. The summed E-state index contributed by atoms with van der Waals surface area (Å²) in [6, 6.07) is 13.4. The van der Waals surface area contributed by atoms with E-state index < -0.39 is 0 Å². The van der Waals surface area contributed by atoms with E-state index in [1.807, 2.05) is 18.3 Å². The number of aromatic nitrogens is 2. The Hall–Kier alpha value is -2.37. The van der Waals surface area contributed by atoms with E-state index in [1.165, 1.54) is 42.8 Å². The largest absolute Gasteiger partial charge is 0.398 e. The van der Waals surface area contributed by atoms with Gasteiger partial charge in [-0.15, -0.1) is 0 Å². The summed E-state index contributed by atoms with van der Waals surface area (Å²) in [6.07, 6.45) is 5.48. The van der Waals surface area contributed by atoms with Gasteiger partial charge in [0, 0.05) is 30.0 Å². The third kappa shape index (κ3) is 3.77. The van der Waals surface area contributed by atoms with Crippen molar-refractivity contribution < 1.29 is 0 Å². The molecule has 0 unspecified atom stereocenters. The van der Waals surface area contributed by atoms with E-state index in [4.69, 9.17) is 10.7 Å². The lowest BCUT2D eigenvalue weighted by atomic mass is 10.0. The normalized spacial score (nSPS) is 16.3. The Kier molecular flexibility index (Phi) is 5.38. The SMILES string of the molecule is CCc1ccc(-c2nc3ccc(N)cn3c2CN(C)C2CCN(C)CC2)cc1. The minimum atomic E-state index is 0.609. The van der Waals surface area contributed by atoms with Gasteiger partial charge in [-0.2, -0.15) is 0 Å². The molecule has 4 rings (SSSR count). The number of piperidine rings is 1. The molecule has 148 valence electrons. The number of fused-ring (bicyclic) bond motifs is 1. The van der Waals surface area contributed by atoms with Gasteiger partial charge in [0.1, 0.15) is 5.65 Å². The summed E-state index contributed by atoms with van der Waals surface area (Å²) in [5.74, 6) is 0. The van der Waals surface area contributed by atoms with Gasteiger partial charge in [-0.25, -0.2) is 4.98 Å². The molecule has 0 aliphatic carbocycles. The molecule has 0 bridgehead atoms. The summed E-state index contributed by atoms with van der Waals surface area (Å²) >= 11 is 0. The smallest absolute Gasteiger partial charge is 0.137 e. The van der Waals surface area contributed by atoms with Crippen LogP contribution < -0.4 is 5.73 Å². The van der Waals surface area contributed by atoms with Crippen LogP contribution in [0.15, 0.2) is 42.6 Å². The number of nitrogens with zero attached hydrogens (tertiary/aromatic N) is 4. The van der Waals surface area contributed by atoms with Gasteiger partial charge in [0.2, 0.25) is 0 Å². The highest BCUT2D eigenvalue weighted by molar-refractivity contribution is 5.67. The van der Waals surface area contributed by atoms with E-state index >= 15 is 0 Å². The number of benzene rings is 1. The third-order valence-corrected chi connectivity index (χ3v) is 6.09. The average Bonchev–Trinajstić information content (AvgIpc) is 3.06. The molecule has 1 saturated heterocycles. The zero-order chi connectivity index (χ0) is 19.7. The molecule has 28 heavy (non-hydrogen) atoms. The van der Waals surface area contributed by atoms with Gasteiger partial charge >= 0.3 is 0 Å². The zero-order valence-electron chi connectivity index (χ0n) is 17.2. The minimum Gasteiger partial charge on any atom is -0.398 e. The first-order valence-electron chi connectivity index (χ1n) is 10.3. The first-order valence-corrected chi connectivity index (χ1v) is 10.3. The Balaban J connectivity index is 1.70. The number of imidazole rings is 1. The monoisotopic (exact) mass is 377 g/mol. The van der Waals surface area contributed by atoms with Crippen LogP contribution in [0.25, 0.3) is 16.9 Å². The van der Waals surface area contributed by atoms with Gasteiger partial charge in [-0.1, -0.05) is 31.2 Å². The molecule has 0 spiro atoms. The van der Waals surface area contributed by atoms with Crippen molar-refractivity contribution >= 4 is 11.3 Å². The fourth-order valence-corrected chi connectivity index (χ4v) is 4.19. The predicted molar refractivity (Wildman–Crippen MR) is 116 cm³/mol. The number of aryl methyl sites for hydroxylation is 1. The lowest BCUT2D eigenvalue weighted by Gasteiger charge is -2.35. The van der Waals surface area contributed by atoms with Crippen molar-refractivity contribution in [1.29, 1.82) is 0 Å². The molecule has 1 fully saturated rings. The predicted octanol–water partition coefficient (Wildman–Crippen LogP) is 3.67. The number of pyridine rings is 1. The fraction of sp³-hybridized carbons (Fsp3) is 0.435. The molecular weight excluding hydrogens is 346 g/mol. The van der Waals surface area contributed by atoms with Gasteiger partial charge in [0.05, 0.1) is 11.4 Å². The van der Waals surface area contributed by atoms with Crippen LogP contribution in [0.3, 0.4) is 0 Å². The van der Waals surface area contributed by atoms with Crippen LogP contribution in [0, 0.1) is 0 Å². The molecule has 1 aliphatic heterocycles. The van der Waals surface area contributed by atoms with Gasteiger partial charge in [0.25, 0.3) is 0 Å². The van der Waals surface area contributed by atoms with E-state index in [2.05, 4.69) is 59.5 Å². The standard InChI is InChI=1S/C23H31N5/c1-4-17-5-7-18(8-6-17)23-21(28-15-19(24)9-10-22(28)25-23)16-27(3)20-11-13-26(2)14-12-20/h5-10,15,20H,4,11-14,16,24H2,1-3H3. The highest BCUT2D eigenvalue weighted by Gasteiger charge is 2.23. The van der Waals surface area contributed by atoms with Crippen molar-refractivity contribution in [3.8, 4) is 11.3 Å². The van der Waals surface area contributed by atoms with E-state index in [-0.39, 0.29) is 0 Å². The topological polar surface area (TPSA) is 49.8 Å². The number of nitrogens with two attached hydrogens (primary N) is 1. The summed E-state index contributed by atoms with van der Waals surface area (Å²) in [5, 5.41) is 0. The maximum atomic E-state index is 6.10. The van der Waals surface area contributed by atoms with Gasteiger partial charge in [-0.3, -0.25) is 4.90 Å². The Labute approximate surface area is 167 Å². The van der Waals surface area contributed by atoms with Gasteiger partial charge in [-0.05, 0) is 64.1 Å². The van der Waals surface area contributed by atoms with Crippen LogP contribution in [0.4, 0.5) is 5.69 Å². The molecule has 3 aromatic rings. The fourth-order valence-electron chi connectivity index (χ4n) is 4.19. The van der Waals surface area contributed by atoms with Crippen LogP contribution in [0.1, 0.15) is 31.0 Å². The first-order chi connectivity index (χ1) is 13.5. The van der Waals surface area contributed by atoms with Gasteiger partial charge in [0.15, 0.2) is 0 Å². The Morgan fingerprint density at radius 2 is 1.82 bits per heavy atom. The number of hydrogen-bond acceptors (Lipinski definition) is 4. The summed E-state index contributed by atoms with van der Waals surface area (Å²) < 4.78 is 2.17. The van der Waals surface area contributed by atoms with Crippen molar-refractivity contribution in [2.75, 3.05) is 32.9 Å². The van der Waals surface area contributed by atoms with E-state index in [1.54, 1.807) is 0 Å². The Bertz CT molecular complexity index is 936. The highest BCUT2D eigenvalue weighted by Crippen LogP contribution is 2.28. The Morgan fingerprint density at radius 1 is 1.11 bits per heavy atom. The van der Waals surface area contributed by atoms with Gasteiger partial charge < -0.3 is 15.0 Å².